The number of anilines is 1. The van der Waals surface area contributed by atoms with Crippen molar-refractivity contribution in [3.63, 3.8) is 0 Å². The second-order valence-electron chi connectivity index (χ2n) is 10.3. The van der Waals surface area contributed by atoms with E-state index in [1.165, 1.54) is 53.6 Å². The molecule has 2 aromatic carbocycles. The summed E-state index contributed by atoms with van der Waals surface area (Å²) in [5, 5.41) is 5.70. The maximum absolute atomic E-state index is 6.25. The molecule has 0 radical (unpaired) electrons. The quantitative estimate of drug-likeness (QED) is 0.190. The number of terminal acetylenes is 1. The number of hydrogen-bond acceptors (Lipinski definition) is 4. The molecule has 0 unspecified atom stereocenters. The molecule has 196 valence electrons. The first-order valence-electron chi connectivity index (χ1n) is 13.8. The standard InChI is InChI=1S/C32H40ClN3O/c1-4-20-36(3)24(2)22-25-13-16-27(17-14-25)37-21-10-6-5-9-19-34-32-28-11-7-8-12-30(28)35-31-23-26(33)15-18-29(31)32/h1,13-18,23-24H,5-12,19-22H2,2-3H3,(H,34,35)/t24-/m1/s1. The van der Waals surface area contributed by atoms with Crippen molar-refractivity contribution in [3.05, 3.63) is 64.3 Å². The lowest BCUT2D eigenvalue weighted by molar-refractivity contribution is 0.286. The Bertz CT molecular complexity index is 1200. The van der Waals surface area contributed by atoms with Crippen molar-refractivity contribution >= 4 is 28.2 Å². The van der Waals surface area contributed by atoms with Crippen LogP contribution in [-0.4, -0.2) is 42.7 Å². The normalized spacial score (nSPS) is 13.8. The molecule has 0 aliphatic heterocycles. The highest BCUT2D eigenvalue weighted by atomic mass is 35.5. The van der Waals surface area contributed by atoms with Crippen molar-refractivity contribution in [3.8, 4) is 18.1 Å². The average molecular weight is 518 g/mol. The summed E-state index contributed by atoms with van der Waals surface area (Å²) in [4.78, 5) is 7.12. The van der Waals surface area contributed by atoms with Gasteiger partial charge in [0.2, 0.25) is 0 Å². The maximum Gasteiger partial charge on any atom is 0.119 e. The van der Waals surface area contributed by atoms with E-state index in [2.05, 4.69) is 60.4 Å². The van der Waals surface area contributed by atoms with Crippen molar-refractivity contribution in [1.29, 1.82) is 0 Å². The van der Waals surface area contributed by atoms with Gasteiger partial charge in [0.25, 0.3) is 0 Å². The Morgan fingerprint density at radius 1 is 1.08 bits per heavy atom. The van der Waals surface area contributed by atoms with E-state index in [0.29, 0.717) is 12.6 Å². The van der Waals surface area contributed by atoms with Gasteiger partial charge in [-0.05, 0) is 100 Å². The van der Waals surface area contributed by atoms with Gasteiger partial charge in [-0.15, -0.1) is 6.42 Å². The lowest BCUT2D eigenvalue weighted by atomic mass is 9.92. The van der Waals surface area contributed by atoms with Crippen LogP contribution in [0.25, 0.3) is 10.9 Å². The molecule has 0 amide bonds. The molecule has 37 heavy (non-hydrogen) atoms. The van der Waals surface area contributed by atoms with Crippen LogP contribution in [0.4, 0.5) is 5.69 Å². The Morgan fingerprint density at radius 2 is 1.86 bits per heavy atom. The molecular formula is C32H40ClN3O. The number of nitrogens with zero attached hydrogens (tertiary/aromatic N) is 2. The summed E-state index contributed by atoms with van der Waals surface area (Å²) in [7, 11) is 2.07. The molecule has 0 fully saturated rings. The van der Waals surface area contributed by atoms with Crippen LogP contribution >= 0.6 is 11.6 Å². The van der Waals surface area contributed by atoms with Crippen molar-refractivity contribution in [2.24, 2.45) is 0 Å². The van der Waals surface area contributed by atoms with Crippen molar-refractivity contribution in [2.75, 3.05) is 32.1 Å². The molecule has 1 aliphatic rings. The van der Waals surface area contributed by atoms with E-state index < -0.39 is 0 Å². The number of nitrogens with one attached hydrogen (secondary N) is 1. The highest BCUT2D eigenvalue weighted by Crippen LogP contribution is 2.34. The number of hydrogen-bond donors (Lipinski definition) is 1. The fraction of sp³-hybridized carbons (Fsp3) is 0.469. The first-order valence-corrected chi connectivity index (χ1v) is 14.1. The Hall–Kier alpha value is -2.74. The summed E-state index contributed by atoms with van der Waals surface area (Å²) in [5.41, 5.74) is 6.25. The van der Waals surface area contributed by atoms with E-state index >= 15 is 0 Å². The van der Waals surface area contributed by atoms with E-state index in [0.717, 1.165) is 61.5 Å². The molecule has 4 nitrogen and oxygen atoms in total. The first-order chi connectivity index (χ1) is 18.0. The third kappa shape index (κ3) is 7.63. The third-order valence-electron chi connectivity index (χ3n) is 7.41. The fourth-order valence-corrected chi connectivity index (χ4v) is 5.27. The minimum Gasteiger partial charge on any atom is -0.494 e. The summed E-state index contributed by atoms with van der Waals surface area (Å²) in [6.07, 6.45) is 15.6. The van der Waals surface area contributed by atoms with Gasteiger partial charge in [-0.3, -0.25) is 9.88 Å². The van der Waals surface area contributed by atoms with Crippen molar-refractivity contribution in [2.45, 2.75) is 70.8 Å². The summed E-state index contributed by atoms with van der Waals surface area (Å²) in [6, 6.07) is 15.0. The van der Waals surface area contributed by atoms with Crippen molar-refractivity contribution in [1.82, 2.24) is 9.88 Å². The van der Waals surface area contributed by atoms with Gasteiger partial charge in [-0.2, -0.15) is 0 Å². The molecule has 0 saturated carbocycles. The number of fused-ring (bicyclic) bond motifs is 2. The number of pyridine rings is 1. The van der Waals surface area contributed by atoms with Crippen LogP contribution in [0, 0.1) is 12.3 Å². The summed E-state index contributed by atoms with van der Waals surface area (Å²) in [6.45, 7) is 4.62. The molecule has 0 bridgehead atoms. The molecular weight excluding hydrogens is 478 g/mol. The van der Waals surface area contributed by atoms with E-state index in [1.807, 2.05) is 12.1 Å². The molecule has 1 atom stereocenters. The number of benzene rings is 2. The molecule has 0 spiro atoms. The number of rotatable bonds is 13. The Balaban J connectivity index is 1.17. The molecule has 4 rings (SSSR count). The Labute approximate surface area is 227 Å². The maximum atomic E-state index is 6.25. The van der Waals surface area contributed by atoms with Gasteiger partial charge in [0, 0.05) is 34.4 Å². The third-order valence-corrected chi connectivity index (χ3v) is 7.65. The van der Waals surface area contributed by atoms with Gasteiger partial charge in [0.15, 0.2) is 0 Å². The molecule has 3 aromatic rings. The zero-order valence-corrected chi connectivity index (χ0v) is 23.1. The zero-order valence-electron chi connectivity index (χ0n) is 22.4. The second-order valence-corrected chi connectivity index (χ2v) is 10.7. The lowest BCUT2D eigenvalue weighted by Crippen LogP contribution is -2.31. The number of ether oxygens (including phenoxy) is 1. The zero-order chi connectivity index (χ0) is 26.0. The van der Waals surface area contributed by atoms with Crippen LogP contribution in [0.2, 0.25) is 5.02 Å². The highest BCUT2D eigenvalue weighted by molar-refractivity contribution is 6.31. The smallest absolute Gasteiger partial charge is 0.119 e. The molecule has 0 saturated heterocycles. The number of likely N-dealkylation sites (N-methyl/N-ethyl adjacent to an activating group) is 1. The largest absolute Gasteiger partial charge is 0.494 e. The van der Waals surface area contributed by atoms with E-state index in [-0.39, 0.29) is 0 Å². The van der Waals surface area contributed by atoms with Gasteiger partial charge in [-0.1, -0.05) is 42.5 Å². The summed E-state index contributed by atoms with van der Waals surface area (Å²) < 4.78 is 5.98. The highest BCUT2D eigenvalue weighted by Gasteiger charge is 2.18. The molecule has 1 N–H and O–H groups in total. The minimum absolute atomic E-state index is 0.415. The van der Waals surface area contributed by atoms with Crippen LogP contribution in [-0.2, 0) is 19.3 Å². The van der Waals surface area contributed by atoms with Crippen LogP contribution in [0.3, 0.4) is 0 Å². The minimum atomic E-state index is 0.415. The van der Waals surface area contributed by atoms with Gasteiger partial charge in [-0.25, -0.2) is 0 Å². The van der Waals surface area contributed by atoms with Crippen LogP contribution < -0.4 is 10.1 Å². The van der Waals surface area contributed by atoms with E-state index in [9.17, 15) is 0 Å². The lowest BCUT2D eigenvalue weighted by Gasteiger charge is -2.22. The second kappa shape index (κ2) is 13.7. The van der Waals surface area contributed by atoms with Crippen molar-refractivity contribution < 1.29 is 4.74 Å². The predicted octanol–water partition coefficient (Wildman–Crippen LogP) is 7.31. The monoisotopic (exact) mass is 517 g/mol. The van der Waals surface area contributed by atoms with Gasteiger partial charge < -0.3 is 10.1 Å². The average Bonchev–Trinajstić information content (AvgIpc) is 2.90. The van der Waals surface area contributed by atoms with Crippen LogP contribution in [0.15, 0.2) is 42.5 Å². The molecule has 1 aliphatic carbocycles. The Morgan fingerprint density at radius 3 is 2.68 bits per heavy atom. The van der Waals surface area contributed by atoms with E-state index in [4.69, 9.17) is 27.7 Å². The van der Waals surface area contributed by atoms with E-state index in [1.54, 1.807) is 0 Å². The van der Waals surface area contributed by atoms with Gasteiger partial charge in [0.1, 0.15) is 5.75 Å². The number of aromatic nitrogens is 1. The summed E-state index contributed by atoms with van der Waals surface area (Å²) in [5.74, 6) is 3.66. The number of halogens is 1. The fourth-order valence-electron chi connectivity index (χ4n) is 5.10. The molecule has 1 heterocycles. The SMILES string of the molecule is C#CCN(C)[C@H](C)Cc1ccc(OCCCCCCNc2c3c(nc4cc(Cl)ccc24)CCCC3)cc1. The first kappa shape index (κ1) is 27.3. The molecule has 5 heteroatoms. The van der Waals surface area contributed by atoms with Crippen LogP contribution in [0.1, 0.15) is 62.3 Å². The Kier molecular flexibility index (Phi) is 10.1. The topological polar surface area (TPSA) is 37.4 Å². The summed E-state index contributed by atoms with van der Waals surface area (Å²) >= 11 is 6.25. The number of unbranched alkanes of at least 4 members (excludes halogenated alkanes) is 3. The molecule has 1 aromatic heterocycles. The van der Waals surface area contributed by atoms with Gasteiger partial charge >= 0.3 is 0 Å². The van der Waals surface area contributed by atoms with Gasteiger partial charge in [0.05, 0.1) is 18.7 Å². The number of aryl methyl sites for hydroxylation is 1. The van der Waals surface area contributed by atoms with Crippen LogP contribution in [0.5, 0.6) is 5.75 Å². The predicted molar refractivity (Wildman–Crippen MR) is 157 cm³/mol.